The van der Waals surface area contributed by atoms with Gasteiger partial charge in [0.25, 0.3) is 5.56 Å². The van der Waals surface area contributed by atoms with Gasteiger partial charge in [0, 0.05) is 24.4 Å². The van der Waals surface area contributed by atoms with Crippen LogP contribution in [0.4, 0.5) is 0 Å². The zero-order valence-electron chi connectivity index (χ0n) is 16.7. The summed E-state index contributed by atoms with van der Waals surface area (Å²) in [5, 5.41) is 20.5. The van der Waals surface area contributed by atoms with Crippen molar-refractivity contribution < 1.29 is 14.7 Å². The number of carbonyl (C=O) groups is 2. The number of carboxylic acid groups (broad SMARTS) is 1. The number of aromatic nitrogens is 2. The zero-order chi connectivity index (χ0) is 21.1. The van der Waals surface area contributed by atoms with Crippen molar-refractivity contribution in [1.29, 1.82) is 0 Å². The Labute approximate surface area is 184 Å². The highest BCUT2D eigenvalue weighted by Crippen LogP contribution is 2.17. The molecule has 1 saturated heterocycles. The molecule has 9 heteroatoms. The van der Waals surface area contributed by atoms with Gasteiger partial charge >= 0.3 is 5.97 Å². The van der Waals surface area contributed by atoms with Crippen molar-refractivity contribution in [3.63, 3.8) is 0 Å². The van der Waals surface area contributed by atoms with E-state index in [4.69, 9.17) is 5.11 Å². The van der Waals surface area contributed by atoms with Crippen molar-refractivity contribution in [1.82, 2.24) is 20.4 Å². The average molecular weight is 443 g/mol. The number of carbonyl (C=O) groups excluding carboxylic acids is 1. The van der Waals surface area contributed by atoms with Gasteiger partial charge in [0.2, 0.25) is 5.91 Å². The number of carboxylic acids is 1. The number of amides is 1. The second kappa shape index (κ2) is 9.72. The summed E-state index contributed by atoms with van der Waals surface area (Å²) >= 11 is 0. The van der Waals surface area contributed by atoms with Crippen LogP contribution in [0.1, 0.15) is 17.7 Å². The Morgan fingerprint density at radius 1 is 1.10 bits per heavy atom. The Kier molecular flexibility index (Phi) is 7.04. The fourth-order valence-electron chi connectivity index (χ4n) is 3.78. The van der Waals surface area contributed by atoms with E-state index in [0.717, 1.165) is 16.6 Å². The van der Waals surface area contributed by atoms with Crippen LogP contribution in [0, 0.1) is 0 Å². The topological polar surface area (TPSA) is 113 Å². The van der Waals surface area contributed by atoms with E-state index in [0.29, 0.717) is 24.8 Å². The molecule has 31 heavy (non-hydrogen) atoms. The number of halogens is 1. The summed E-state index contributed by atoms with van der Waals surface area (Å²) in [5.41, 5.74) is 1.45. The molecule has 1 fully saturated rings. The van der Waals surface area contributed by atoms with Crippen molar-refractivity contribution in [2.75, 3.05) is 6.54 Å². The average Bonchev–Trinajstić information content (AvgIpc) is 3.21. The third-order valence-corrected chi connectivity index (χ3v) is 5.25. The van der Waals surface area contributed by atoms with Gasteiger partial charge < -0.3 is 15.7 Å². The SMILES string of the molecule is Cl.O=C(Cn1nc(Cc2ccccc2)c2ccccc2c1=O)N[C@@H]1CN[C@H](C(=O)O)C1. The number of nitrogens with one attached hydrogen (secondary N) is 2. The molecule has 2 heterocycles. The van der Waals surface area contributed by atoms with Crippen LogP contribution < -0.4 is 16.2 Å². The Morgan fingerprint density at radius 2 is 1.77 bits per heavy atom. The van der Waals surface area contributed by atoms with E-state index in [2.05, 4.69) is 15.7 Å². The molecular formula is C22H23ClN4O4. The van der Waals surface area contributed by atoms with Gasteiger partial charge in [-0.15, -0.1) is 12.4 Å². The van der Waals surface area contributed by atoms with E-state index in [1.54, 1.807) is 12.1 Å². The van der Waals surface area contributed by atoms with E-state index >= 15 is 0 Å². The molecule has 3 N–H and O–H groups in total. The first kappa shape index (κ1) is 22.5. The maximum absolute atomic E-state index is 12.9. The first-order chi connectivity index (χ1) is 14.5. The van der Waals surface area contributed by atoms with E-state index in [1.807, 2.05) is 42.5 Å². The van der Waals surface area contributed by atoms with Gasteiger partial charge in [-0.25, -0.2) is 4.68 Å². The van der Waals surface area contributed by atoms with Gasteiger partial charge in [0.15, 0.2) is 0 Å². The molecule has 0 unspecified atom stereocenters. The smallest absolute Gasteiger partial charge is 0.320 e. The molecule has 3 aromatic rings. The number of fused-ring (bicyclic) bond motifs is 1. The molecule has 0 bridgehead atoms. The third-order valence-electron chi connectivity index (χ3n) is 5.25. The molecule has 0 saturated carbocycles. The number of nitrogens with zero attached hydrogens (tertiary/aromatic N) is 2. The number of hydrogen-bond acceptors (Lipinski definition) is 5. The van der Waals surface area contributed by atoms with Gasteiger partial charge in [0.1, 0.15) is 12.6 Å². The minimum atomic E-state index is -0.940. The second-order valence-electron chi connectivity index (χ2n) is 7.42. The van der Waals surface area contributed by atoms with Crippen LogP contribution in [-0.4, -0.2) is 45.4 Å². The van der Waals surface area contributed by atoms with Crippen LogP contribution in [0.5, 0.6) is 0 Å². The highest BCUT2D eigenvalue weighted by Gasteiger charge is 2.30. The van der Waals surface area contributed by atoms with Crippen LogP contribution in [0.25, 0.3) is 10.8 Å². The van der Waals surface area contributed by atoms with Crippen LogP contribution in [-0.2, 0) is 22.6 Å². The van der Waals surface area contributed by atoms with Crippen LogP contribution in [0.15, 0.2) is 59.4 Å². The molecule has 1 amide bonds. The molecule has 0 radical (unpaired) electrons. The molecule has 2 atom stereocenters. The minimum absolute atomic E-state index is 0. The van der Waals surface area contributed by atoms with Crippen molar-refractivity contribution in [3.05, 3.63) is 76.2 Å². The molecular weight excluding hydrogens is 420 g/mol. The van der Waals surface area contributed by atoms with Crippen LogP contribution >= 0.6 is 12.4 Å². The quantitative estimate of drug-likeness (QED) is 0.531. The third kappa shape index (κ3) is 5.10. The Hall–Kier alpha value is -3.23. The highest BCUT2D eigenvalue weighted by atomic mass is 35.5. The molecule has 8 nitrogen and oxygen atoms in total. The minimum Gasteiger partial charge on any atom is -0.480 e. The Balaban J connectivity index is 0.00000272. The summed E-state index contributed by atoms with van der Waals surface area (Å²) in [4.78, 5) is 36.4. The first-order valence-corrected chi connectivity index (χ1v) is 9.79. The van der Waals surface area contributed by atoms with E-state index in [-0.39, 0.29) is 36.5 Å². The summed E-state index contributed by atoms with van der Waals surface area (Å²) in [6.45, 7) is 0.154. The summed E-state index contributed by atoms with van der Waals surface area (Å²) in [6, 6.07) is 16.1. The Morgan fingerprint density at radius 3 is 2.45 bits per heavy atom. The lowest BCUT2D eigenvalue weighted by molar-refractivity contribution is -0.139. The fraction of sp³-hybridized carbons (Fsp3) is 0.273. The monoisotopic (exact) mass is 442 g/mol. The van der Waals surface area contributed by atoms with Crippen LogP contribution in [0.2, 0.25) is 0 Å². The van der Waals surface area contributed by atoms with Crippen molar-refractivity contribution in [3.8, 4) is 0 Å². The molecule has 0 spiro atoms. The normalized spacial score (nSPS) is 17.8. The number of benzene rings is 2. The maximum Gasteiger partial charge on any atom is 0.320 e. The lowest BCUT2D eigenvalue weighted by Crippen LogP contribution is -2.40. The predicted octanol–water partition coefficient (Wildman–Crippen LogP) is 1.34. The zero-order valence-corrected chi connectivity index (χ0v) is 17.5. The lowest BCUT2D eigenvalue weighted by atomic mass is 10.0. The molecule has 1 aromatic heterocycles. The second-order valence-corrected chi connectivity index (χ2v) is 7.42. The summed E-state index contributed by atoms with van der Waals surface area (Å²) in [6.07, 6.45) is 0.844. The molecule has 2 aromatic carbocycles. The number of rotatable bonds is 6. The van der Waals surface area contributed by atoms with Gasteiger partial charge in [0.05, 0.1) is 11.1 Å². The molecule has 1 aliphatic heterocycles. The summed E-state index contributed by atoms with van der Waals surface area (Å²) in [5.74, 6) is -1.31. The Bertz CT molecular complexity index is 1150. The first-order valence-electron chi connectivity index (χ1n) is 9.79. The summed E-state index contributed by atoms with van der Waals surface area (Å²) < 4.78 is 1.19. The maximum atomic E-state index is 12.9. The molecule has 162 valence electrons. The van der Waals surface area contributed by atoms with Crippen LogP contribution in [0.3, 0.4) is 0 Å². The largest absolute Gasteiger partial charge is 0.480 e. The standard InChI is InChI=1S/C22H22N4O4.ClH/c27-20(24-15-11-19(22(29)30)23-12-15)13-26-21(28)17-9-5-4-8-16(17)18(25-26)10-14-6-2-1-3-7-14;/h1-9,15,19,23H,10-13H2,(H,24,27)(H,29,30);1H/t15-,19-;/m0./s1. The highest BCUT2D eigenvalue weighted by molar-refractivity contribution is 5.85. The predicted molar refractivity (Wildman–Crippen MR) is 118 cm³/mol. The molecule has 4 rings (SSSR count). The fourth-order valence-corrected chi connectivity index (χ4v) is 3.78. The number of aliphatic carboxylic acids is 1. The van der Waals surface area contributed by atoms with E-state index < -0.39 is 12.0 Å². The van der Waals surface area contributed by atoms with Gasteiger partial charge in [-0.05, 0) is 18.1 Å². The van der Waals surface area contributed by atoms with Gasteiger partial charge in [-0.3, -0.25) is 14.4 Å². The van der Waals surface area contributed by atoms with Crippen molar-refractivity contribution in [2.45, 2.75) is 31.5 Å². The lowest BCUT2D eigenvalue weighted by Gasteiger charge is -2.14. The van der Waals surface area contributed by atoms with Gasteiger partial charge in [-0.1, -0.05) is 48.5 Å². The number of hydrogen-bond donors (Lipinski definition) is 3. The molecule has 1 aliphatic rings. The van der Waals surface area contributed by atoms with E-state index in [9.17, 15) is 14.4 Å². The van der Waals surface area contributed by atoms with E-state index in [1.165, 1.54) is 4.68 Å². The molecule has 0 aliphatic carbocycles. The van der Waals surface area contributed by atoms with Gasteiger partial charge in [-0.2, -0.15) is 5.10 Å². The van der Waals surface area contributed by atoms with Crippen molar-refractivity contribution in [2.24, 2.45) is 0 Å². The summed E-state index contributed by atoms with van der Waals surface area (Å²) in [7, 11) is 0. The van der Waals surface area contributed by atoms with Crippen molar-refractivity contribution >= 4 is 35.1 Å².